The van der Waals surface area contributed by atoms with Gasteiger partial charge in [0.15, 0.2) is 11.5 Å². The highest BCUT2D eigenvalue weighted by Crippen LogP contribution is 2.31. The van der Waals surface area contributed by atoms with E-state index in [1.54, 1.807) is 16.9 Å². The van der Waals surface area contributed by atoms with E-state index in [-0.39, 0.29) is 4.90 Å². The van der Waals surface area contributed by atoms with Gasteiger partial charge in [0, 0.05) is 12.3 Å². The molecular formula is C20H23N3O4S. The van der Waals surface area contributed by atoms with Crippen molar-refractivity contribution in [3.63, 3.8) is 0 Å². The van der Waals surface area contributed by atoms with Crippen LogP contribution in [0.25, 0.3) is 0 Å². The zero-order chi connectivity index (χ0) is 20.0. The Morgan fingerprint density at radius 3 is 2.43 bits per heavy atom. The van der Waals surface area contributed by atoms with Crippen LogP contribution in [0.4, 0.5) is 5.69 Å². The third-order valence-electron chi connectivity index (χ3n) is 3.90. The lowest BCUT2D eigenvalue weighted by atomic mass is 10.2. The summed E-state index contributed by atoms with van der Waals surface area (Å²) in [5.74, 6) is 0.908. The summed E-state index contributed by atoms with van der Waals surface area (Å²) < 4.78 is 40.7. The molecule has 0 aliphatic rings. The molecule has 0 unspecified atom stereocenters. The monoisotopic (exact) mass is 401 g/mol. The smallest absolute Gasteiger partial charge is 0.262 e. The van der Waals surface area contributed by atoms with Crippen LogP contribution in [-0.4, -0.2) is 31.4 Å². The molecule has 0 spiro atoms. The summed E-state index contributed by atoms with van der Waals surface area (Å²) in [5, 5.41) is 4.22. The predicted octanol–water partition coefficient (Wildman–Crippen LogP) is 3.53. The molecule has 0 fully saturated rings. The number of nitrogens with zero attached hydrogens (tertiary/aromatic N) is 2. The van der Waals surface area contributed by atoms with Crippen LogP contribution in [0, 0.1) is 0 Å². The van der Waals surface area contributed by atoms with E-state index in [1.807, 2.05) is 44.2 Å². The van der Waals surface area contributed by atoms with Crippen molar-refractivity contribution in [3.8, 4) is 11.5 Å². The highest BCUT2D eigenvalue weighted by Gasteiger charge is 2.18. The second kappa shape index (κ2) is 8.79. The summed E-state index contributed by atoms with van der Waals surface area (Å²) in [6.07, 6.45) is 3.14. The topological polar surface area (TPSA) is 82.5 Å². The molecule has 0 bridgehead atoms. The van der Waals surface area contributed by atoms with E-state index >= 15 is 0 Å². The molecular weight excluding hydrogens is 378 g/mol. The van der Waals surface area contributed by atoms with Crippen LogP contribution >= 0.6 is 0 Å². The Kier molecular flexibility index (Phi) is 6.20. The fourth-order valence-electron chi connectivity index (χ4n) is 2.69. The van der Waals surface area contributed by atoms with Crippen molar-refractivity contribution in [3.05, 3.63) is 66.5 Å². The van der Waals surface area contributed by atoms with Gasteiger partial charge in [-0.05, 0) is 31.5 Å². The van der Waals surface area contributed by atoms with Gasteiger partial charge >= 0.3 is 0 Å². The van der Waals surface area contributed by atoms with Crippen LogP contribution in [0.15, 0.2) is 65.8 Å². The number of benzene rings is 2. The lowest BCUT2D eigenvalue weighted by molar-refractivity contribution is 0.287. The van der Waals surface area contributed by atoms with Gasteiger partial charge in [-0.1, -0.05) is 30.3 Å². The molecule has 3 aromatic rings. The number of hydrogen-bond acceptors (Lipinski definition) is 5. The van der Waals surface area contributed by atoms with E-state index in [1.165, 1.54) is 18.3 Å². The van der Waals surface area contributed by atoms with Crippen molar-refractivity contribution in [1.29, 1.82) is 0 Å². The van der Waals surface area contributed by atoms with Gasteiger partial charge in [0.25, 0.3) is 10.0 Å². The lowest BCUT2D eigenvalue weighted by Crippen LogP contribution is -2.13. The number of ether oxygens (including phenoxy) is 2. The lowest BCUT2D eigenvalue weighted by Gasteiger charge is -2.13. The third kappa shape index (κ3) is 4.83. The average molecular weight is 401 g/mol. The van der Waals surface area contributed by atoms with Crippen LogP contribution in [0.3, 0.4) is 0 Å². The molecule has 1 aromatic heterocycles. The van der Waals surface area contributed by atoms with E-state index in [2.05, 4.69) is 9.82 Å². The van der Waals surface area contributed by atoms with Gasteiger partial charge in [-0.25, -0.2) is 8.42 Å². The van der Waals surface area contributed by atoms with Crippen LogP contribution in [0.5, 0.6) is 11.5 Å². The second-order valence-electron chi connectivity index (χ2n) is 5.99. The highest BCUT2D eigenvalue weighted by atomic mass is 32.2. The van der Waals surface area contributed by atoms with Gasteiger partial charge < -0.3 is 9.47 Å². The summed E-state index contributed by atoms with van der Waals surface area (Å²) >= 11 is 0. The number of aromatic nitrogens is 2. The van der Waals surface area contributed by atoms with Crippen LogP contribution < -0.4 is 14.2 Å². The maximum Gasteiger partial charge on any atom is 0.262 e. The first kappa shape index (κ1) is 19.8. The Morgan fingerprint density at radius 1 is 1.00 bits per heavy atom. The molecule has 1 heterocycles. The predicted molar refractivity (Wildman–Crippen MR) is 107 cm³/mol. The van der Waals surface area contributed by atoms with Crippen LogP contribution in [0.1, 0.15) is 19.4 Å². The van der Waals surface area contributed by atoms with E-state index in [0.29, 0.717) is 36.9 Å². The van der Waals surface area contributed by atoms with E-state index < -0.39 is 10.0 Å². The Bertz CT molecular complexity index is 1020. The van der Waals surface area contributed by atoms with Gasteiger partial charge in [-0.15, -0.1) is 0 Å². The standard InChI is InChI=1S/C20H23N3O4S/c1-3-26-19-11-10-18(12-20(19)27-4-2)28(24,25)22-17-13-21-23(15-17)14-16-8-6-5-7-9-16/h5-13,15,22H,3-4,14H2,1-2H3. The van der Waals surface area contributed by atoms with Crippen molar-refractivity contribution >= 4 is 15.7 Å². The second-order valence-corrected chi connectivity index (χ2v) is 7.67. The molecule has 8 heteroatoms. The zero-order valence-corrected chi connectivity index (χ0v) is 16.6. The van der Waals surface area contributed by atoms with E-state index in [9.17, 15) is 8.42 Å². The van der Waals surface area contributed by atoms with Gasteiger partial charge in [0.2, 0.25) is 0 Å². The molecule has 0 aliphatic carbocycles. The molecule has 2 aromatic carbocycles. The quantitative estimate of drug-likeness (QED) is 0.593. The molecule has 28 heavy (non-hydrogen) atoms. The van der Waals surface area contributed by atoms with Crippen molar-refractivity contribution in [1.82, 2.24) is 9.78 Å². The van der Waals surface area contributed by atoms with Gasteiger partial charge in [0.05, 0.1) is 36.5 Å². The van der Waals surface area contributed by atoms with E-state index in [0.717, 1.165) is 5.56 Å². The number of nitrogens with one attached hydrogen (secondary N) is 1. The minimum absolute atomic E-state index is 0.0928. The minimum Gasteiger partial charge on any atom is -0.490 e. The van der Waals surface area contributed by atoms with Crippen molar-refractivity contribution in [2.45, 2.75) is 25.3 Å². The molecule has 7 nitrogen and oxygen atoms in total. The largest absolute Gasteiger partial charge is 0.490 e. The summed E-state index contributed by atoms with van der Waals surface area (Å²) in [5.41, 5.74) is 1.47. The molecule has 1 N–H and O–H groups in total. The van der Waals surface area contributed by atoms with Crippen LogP contribution in [0.2, 0.25) is 0 Å². The normalized spacial score (nSPS) is 11.2. The minimum atomic E-state index is -3.78. The Balaban J connectivity index is 1.77. The first-order chi connectivity index (χ1) is 13.5. The summed E-state index contributed by atoms with van der Waals surface area (Å²) in [6.45, 7) is 5.11. The molecule has 0 atom stereocenters. The Labute approximate surface area is 165 Å². The SMILES string of the molecule is CCOc1ccc(S(=O)(=O)Nc2cnn(Cc3ccccc3)c2)cc1OCC. The van der Waals surface area contributed by atoms with Crippen molar-refractivity contribution < 1.29 is 17.9 Å². The average Bonchev–Trinajstić information content (AvgIpc) is 3.10. The van der Waals surface area contributed by atoms with Gasteiger partial charge in [-0.2, -0.15) is 5.10 Å². The fourth-order valence-corrected chi connectivity index (χ4v) is 3.73. The Morgan fingerprint density at radius 2 is 1.71 bits per heavy atom. The van der Waals surface area contributed by atoms with Gasteiger partial charge in [-0.3, -0.25) is 9.40 Å². The summed E-state index contributed by atoms with van der Waals surface area (Å²) in [4.78, 5) is 0.0928. The highest BCUT2D eigenvalue weighted by molar-refractivity contribution is 7.92. The number of anilines is 1. The molecule has 148 valence electrons. The fraction of sp³-hybridized carbons (Fsp3) is 0.250. The first-order valence-corrected chi connectivity index (χ1v) is 10.5. The number of rotatable bonds is 9. The molecule has 0 saturated heterocycles. The third-order valence-corrected chi connectivity index (χ3v) is 5.28. The van der Waals surface area contributed by atoms with Crippen molar-refractivity contribution in [2.75, 3.05) is 17.9 Å². The molecule has 0 aliphatic heterocycles. The number of hydrogen-bond donors (Lipinski definition) is 1. The Hall–Kier alpha value is -3.00. The molecule has 0 saturated carbocycles. The number of sulfonamides is 1. The van der Waals surface area contributed by atoms with Gasteiger partial charge in [0.1, 0.15) is 0 Å². The van der Waals surface area contributed by atoms with Crippen molar-refractivity contribution in [2.24, 2.45) is 0 Å². The van der Waals surface area contributed by atoms with Crippen LogP contribution in [-0.2, 0) is 16.6 Å². The summed E-state index contributed by atoms with van der Waals surface area (Å²) in [7, 11) is -3.78. The summed E-state index contributed by atoms with van der Waals surface area (Å²) in [6, 6.07) is 14.4. The maximum atomic E-state index is 12.8. The van der Waals surface area contributed by atoms with E-state index in [4.69, 9.17) is 9.47 Å². The zero-order valence-electron chi connectivity index (χ0n) is 15.8. The maximum absolute atomic E-state index is 12.8. The molecule has 0 radical (unpaired) electrons. The first-order valence-electron chi connectivity index (χ1n) is 9.00. The molecule has 3 rings (SSSR count). The molecule has 0 amide bonds.